The van der Waals surface area contributed by atoms with Crippen LogP contribution >= 0.6 is 0 Å². The molecule has 29 heavy (non-hydrogen) atoms. The van der Waals surface area contributed by atoms with Crippen molar-refractivity contribution in [1.29, 1.82) is 0 Å². The van der Waals surface area contributed by atoms with Crippen molar-refractivity contribution in [3.05, 3.63) is 64.1 Å². The standard InChI is InChI=1S/C23H28N2O4/c1-3-29-15-23(27)24-13-17-12-18(14-24)21(25-20(17)8-5-9-22(25)26)11-16-6-4-7-19(10-16)28-2/h4-10,17-18,21H,3,11-15H2,1-2H3/t17-,18+,21+/m1/s1. The number of ether oxygens (including phenoxy) is 2. The van der Waals surface area contributed by atoms with Crippen molar-refractivity contribution in [2.24, 2.45) is 5.92 Å². The fourth-order valence-corrected chi connectivity index (χ4v) is 4.83. The van der Waals surface area contributed by atoms with Crippen LogP contribution in [0.5, 0.6) is 5.75 Å². The highest BCUT2D eigenvalue weighted by molar-refractivity contribution is 5.77. The average molecular weight is 396 g/mol. The molecule has 0 N–H and O–H groups in total. The number of aromatic nitrogens is 1. The third kappa shape index (κ3) is 3.94. The molecule has 6 nitrogen and oxygen atoms in total. The zero-order chi connectivity index (χ0) is 20.4. The van der Waals surface area contributed by atoms with Crippen molar-refractivity contribution in [2.45, 2.75) is 31.7 Å². The Morgan fingerprint density at radius 2 is 2.00 bits per heavy atom. The number of carbonyl (C=O) groups is 1. The second-order valence-electron chi connectivity index (χ2n) is 7.91. The molecule has 0 radical (unpaired) electrons. The lowest BCUT2D eigenvalue weighted by atomic mass is 9.76. The Morgan fingerprint density at radius 1 is 1.17 bits per heavy atom. The molecule has 1 aromatic carbocycles. The first-order valence-corrected chi connectivity index (χ1v) is 10.3. The molecule has 0 aliphatic carbocycles. The predicted molar refractivity (Wildman–Crippen MR) is 110 cm³/mol. The number of benzene rings is 1. The number of hydrogen-bond acceptors (Lipinski definition) is 4. The number of nitrogens with zero attached hydrogens (tertiary/aromatic N) is 2. The van der Waals surface area contributed by atoms with E-state index in [1.54, 1.807) is 13.2 Å². The molecule has 2 aromatic rings. The van der Waals surface area contributed by atoms with Gasteiger partial charge < -0.3 is 18.9 Å². The summed E-state index contributed by atoms with van der Waals surface area (Å²) in [7, 11) is 1.66. The van der Waals surface area contributed by atoms with Gasteiger partial charge in [-0.15, -0.1) is 0 Å². The van der Waals surface area contributed by atoms with Gasteiger partial charge in [0.25, 0.3) is 5.56 Å². The third-order valence-electron chi connectivity index (χ3n) is 6.16. The highest BCUT2D eigenvalue weighted by Crippen LogP contribution is 2.42. The van der Waals surface area contributed by atoms with Crippen LogP contribution in [0.2, 0.25) is 0 Å². The van der Waals surface area contributed by atoms with Crippen LogP contribution in [0.15, 0.2) is 47.3 Å². The van der Waals surface area contributed by atoms with Gasteiger partial charge in [-0.25, -0.2) is 0 Å². The maximum Gasteiger partial charge on any atom is 0.251 e. The number of pyridine rings is 1. The van der Waals surface area contributed by atoms with Gasteiger partial charge in [0.05, 0.1) is 7.11 Å². The largest absolute Gasteiger partial charge is 0.497 e. The number of likely N-dealkylation sites (tertiary alicyclic amines) is 1. The molecule has 1 aromatic heterocycles. The Morgan fingerprint density at radius 3 is 2.79 bits per heavy atom. The summed E-state index contributed by atoms with van der Waals surface area (Å²) < 4.78 is 12.7. The van der Waals surface area contributed by atoms with E-state index in [9.17, 15) is 9.59 Å². The first kappa shape index (κ1) is 19.7. The van der Waals surface area contributed by atoms with Crippen molar-refractivity contribution >= 4 is 5.91 Å². The lowest BCUT2D eigenvalue weighted by molar-refractivity contribution is -0.139. The van der Waals surface area contributed by atoms with Crippen molar-refractivity contribution in [3.8, 4) is 5.75 Å². The quantitative estimate of drug-likeness (QED) is 0.753. The van der Waals surface area contributed by atoms with Gasteiger partial charge in [0.1, 0.15) is 12.4 Å². The van der Waals surface area contributed by atoms with Gasteiger partial charge in [-0.05, 0) is 49.4 Å². The number of rotatable bonds is 6. The molecule has 1 saturated heterocycles. The summed E-state index contributed by atoms with van der Waals surface area (Å²) in [5, 5.41) is 0. The van der Waals surface area contributed by atoms with Crippen molar-refractivity contribution < 1.29 is 14.3 Å². The summed E-state index contributed by atoms with van der Waals surface area (Å²) in [5.74, 6) is 1.27. The van der Waals surface area contributed by atoms with Gasteiger partial charge in [0, 0.05) is 43.4 Å². The summed E-state index contributed by atoms with van der Waals surface area (Å²) in [6.45, 7) is 3.86. The summed E-state index contributed by atoms with van der Waals surface area (Å²) in [6.07, 6.45) is 1.73. The van der Waals surface area contributed by atoms with Gasteiger partial charge in [-0.1, -0.05) is 18.2 Å². The van der Waals surface area contributed by atoms with Crippen LogP contribution in [0.4, 0.5) is 0 Å². The number of carbonyl (C=O) groups excluding carboxylic acids is 1. The summed E-state index contributed by atoms with van der Waals surface area (Å²) in [4.78, 5) is 27.4. The second-order valence-corrected chi connectivity index (χ2v) is 7.91. The first-order chi connectivity index (χ1) is 14.1. The van der Waals surface area contributed by atoms with Crippen LogP contribution in [-0.2, 0) is 16.0 Å². The molecule has 0 saturated carbocycles. The van der Waals surface area contributed by atoms with E-state index in [0.29, 0.717) is 19.7 Å². The third-order valence-corrected chi connectivity index (χ3v) is 6.16. The Hall–Kier alpha value is -2.60. The number of fused-ring (bicyclic) bond motifs is 4. The van der Waals surface area contributed by atoms with Gasteiger partial charge in [-0.3, -0.25) is 9.59 Å². The summed E-state index contributed by atoms with van der Waals surface area (Å²) >= 11 is 0. The summed E-state index contributed by atoms with van der Waals surface area (Å²) in [5.41, 5.74) is 2.21. The monoisotopic (exact) mass is 396 g/mol. The second kappa shape index (κ2) is 8.41. The van der Waals surface area contributed by atoms with Crippen molar-refractivity contribution in [2.75, 3.05) is 33.4 Å². The van der Waals surface area contributed by atoms with E-state index < -0.39 is 0 Å². The Bertz CT molecular complexity index is 938. The van der Waals surface area contributed by atoms with Crippen LogP contribution in [-0.4, -0.2) is 48.8 Å². The first-order valence-electron chi connectivity index (χ1n) is 10.3. The molecule has 1 fully saturated rings. The molecule has 3 atom stereocenters. The zero-order valence-electron chi connectivity index (χ0n) is 17.0. The molecule has 2 aliphatic heterocycles. The molecule has 4 rings (SSSR count). The molecule has 3 heterocycles. The fraction of sp³-hybridized carbons (Fsp3) is 0.478. The van der Waals surface area contributed by atoms with Gasteiger partial charge in [0.2, 0.25) is 5.91 Å². The number of amides is 1. The molecule has 2 aliphatic rings. The van der Waals surface area contributed by atoms with E-state index in [1.165, 1.54) is 0 Å². The molecule has 1 amide bonds. The van der Waals surface area contributed by atoms with Crippen molar-refractivity contribution in [3.63, 3.8) is 0 Å². The number of hydrogen-bond donors (Lipinski definition) is 0. The van der Waals surface area contributed by atoms with Gasteiger partial charge >= 0.3 is 0 Å². The van der Waals surface area contributed by atoms with E-state index in [0.717, 1.165) is 29.8 Å². The topological polar surface area (TPSA) is 60.8 Å². The maximum absolute atomic E-state index is 12.8. The predicted octanol–water partition coefficient (Wildman–Crippen LogP) is 2.62. The molecule has 0 spiro atoms. The molecule has 0 unspecified atom stereocenters. The van der Waals surface area contributed by atoms with Crippen LogP contribution in [0.1, 0.15) is 36.6 Å². The van der Waals surface area contributed by atoms with E-state index in [2.05, 4.69) is 6.07 Å². The molecule has 154 valence electrons. The smallest absolute Gasteiger partial charge is 0.251 e. The maximum atomic E-state index is 12.8. The van der Waals surface area contributed by atoms with E-state index in [4.69, 9.17) is 9.47 Å². The highest BCUT2D eigenvalue weighted by atomic mass is 16.5. The van der Waals surface area contributed by atoms with Crippen molar-refractivity contribution in [1.82, 2.24) is 9.47 Å². The SMILES string of the molecule is CCOCC(=O)N1C[C@H]2C[C@@H](C1)[C@H](Cc1cccc(OC)c1)n1c2cccc1=O. The van der Waals surface area contributed by atoms with Gasteiger partial charge in [0.15, 0.2) is 0 Å². The van der Waals surface area contributed by atoms with E-state index in [1.807, 2.05) is 46.7 Å². The minimum atomic E-state index is 0.0183. The Balaban J connectivity index is 1.67. The van der Waals surface area contributed by atoms with Crippen LogP contribution < -0.4 is 10.3 Å². The lowest BCUT2D eigenvalue weighted by Crippen LogP contribution is -2.52. The number of methoxy groups -OCH3 is 1. The Labute approximate surface area is 171 Å². The molecular formula is C23H28N2O4. The number of piperidine rings is 1. The van der Waals surface area contributed by atoms with Gasteiger partial charge in [-0.2, -0.15) is 0 Å². The van der Waals surface area contributed by atoms with E-state index in [-0.39, 0.29) is 36.0 Å². The highest BCUT2D eigenvalue weighted by Gasteiger charge is 2.41. The van der Waals surface area contributed by atoms with E-state index >= 15 is 0 Å². The average Bonchev–Trinajstić information content (AvgIpc) is 2.75. The molecule has 2 bridgehead atoms. The van der Waals surface area contributed by atoms with Crippen LogP contribution in [0, 0.1) is 5.92 Å². The minimum Gasteiger partial charge on any atom is -0.497 e. The van der Waals surface area contributed by atoms with Crippen LogP contribution in [0.25, 0.3) is 0 Å². The van der Waals surface area contributed by atoms with Crippen LogP contribution in [0.3, 0.4) is 0 Å². The minimum absolute atomic E-state index is 0.0183. The summed E-state index contributed by atoms with van der Waals surface area (Å²) in [6, 6.07) is 13.5. The molecular weight excluding hydrogens is 368 g/mol. The normalized spacial score (nSPS) is 22.8. The lowest BCUT2D eigenvalue weighted by Gasteiger charge is -2.47. The fourth-order valence-electron chi connectivity index (χ4n) is 4.83. The molecule has 6 heteroatoms. The zero-order valence-corrected chi connectivity index (χ0v) is 17.0. The Kier molecular flexibility index (Phi) is 5.72.